The van der Waals surface area contributed by atoms with Crippen molar-refractivity contribution in [3.63, 3.8) is 0 Å². The number of carbonyl (C=O) groups excluding carboxylic acids is 1. The Morgan fingerprint density at radius 3 is 2.48 bits per heavy atom. The van der Waals surface area contributed by atoms with Crippen molar-refractivity contribution in [3.8, 4) is 11.3 Å². The van der Waals surface area contributed by atoms with Crippen LogP contribution in [-0.2, 0) is 9.53 Å². The fourth-order valence-electron chi connectivity index (χ4n) is 3.49. The molecular weight excluding hydrogens is 340 g/mol. The van der Waals surface area contributed by atoms with Crippen LogP contribution in [-0.4, -0.2) is 35.6 Å². The molecule has 27 heavy (non-hydrogen) atoms. The molecule has 4 rings (SSSR count). The van der Waals surface area contributed by atoms with Gasteiger partial charge in [-0.2, -0.15) is 0 Å². The van der Waals surface area contributed by atoms with Crippen LogP contribution >= 0.6 is 0 Å². The Bertz CT molecular complexity index is 953. The Kier molecular flexibility index (Phi) is 4.73. The predicted molar refractivity (Wildman–Crippen MR) is 105 cm³/mol. The highest BCUT2D eigenvalue weighted by molar-refractivity contribution is 5.93. The molecule has 1 amide bonds. The average molecular weight is 362 g/mol. The maximum Gasteiger partial charge on any atom is 0.225 e. The van der Waals surface area contributed by atoms with Gasteiger partial charge in [-0.25, -0.2) is 9.97 Å². The van der Waals surface area contributed by atoms with Gasteiger partial charge in [0.05, 0.1) is 16.6 Å². The van der Waals surface area contributed by atoms with Gasteiger partial charge in [-0.3, -0.25) is 4.79 Å². The van der Waals surface area contributed by atoms with Gasteiger partial charge in [0.1, 0.15) is 0 Å². The van der Waals surface area contributed by atoms with E-state index in [1.807, 2.05) is 54.6 Å². The highest BCUT2D eigenvalue weighted by Gasteiger charge is 2.38. The summed E-state index contributed by atoms with van der Waals surface area (Å²) in [6.07, 6.45) is 1.21. The van der Waals surface area contributed by atoms with E-state index in [0.29, 0.717) is 38.5 Å². The van der Waals surface area contributed by atoms with Gasteiger partial charge in [0.25, 0.3) is 0 Å². The van der Waals surface area contributed by atoms with Crippen molar-refractivity contribution in [2.45, 2.75) is 12.8 Å². The average Bonchev–Trinajstić information content (AvgIpc) is 2.73. The maximum atomic E-state index is 12.1. The molecule has 0 spiro atoms. The second-order valence-corrected chi connectivity index (χ2v) is 6.89. The molecule has 0 saturated carbocycles. The molecule has 1 aromatic heterocycles. The number of ether oxygens (including phenoxy) is 1. The summed E-state index contributed by atoms with van der Waals surface area (Å²) in [6.45, 7) is 1.48. The normalized spacial score (nSPS) is 16.1. The van der Waals surface area contributed by atoms with Crippen molar-refractivity contribution in [3.05, 3.63) is 54.6 Å². The lowest BCUT2D eigenvalue weighted by molar-refractivity contribution is -0.132. The minimum atomic E-state index is -0.625. The Morgan fingerprint density at radius 1 is 1.04 bits per heavy atom. The van der Waals surface area contributed by atoms with Crippen LogP contribution in [0.15, 0.2) is 54.6 Å². The first-order chi connectivity index (χ1) is 13.2. The molecule has 6 heteroatoms. The molecule has 0 atom stereocenters. The van der Waals surface area contributed by atoms with Crippen LogP contribution in [0.2, 0.25) is 0 Å². The molecule has 0 unspecified atom stereocenters. The third-order valence-electron chi connectivity index (χ3n) is 5.21. The Balaban J connectivity index is 1.69. The van der Waals surface area contributed by atoms with Crippen LogP contribution in [0.25, 0.3) is 22.2 Å². The summed E-state index contributed by atoms with van der Waals surface area (Å²) < 4.78 is 5.39. The molecule has 2 aromatic carbocycles. The number of para-hydroxylation sites is 1. The van der Waals surface area contributed by atoms with Gasteiger partial charge in [0.2, 0.25) is 11.9 Å². The number of primary amides is 1. The quantitative estimate of drug-likeness (QED) is 0.728. The lowest BCUT2D eigenvalue weighted by atomic mass is 9.79. The molecule has 1 saturated heterocycles. The monoisotopic (exact) mass is 362 g/mol. The number of nitrogens with one attached hydrogen (secondary N) is 1. The zero-order chi connectivity index (χ0) is 18.7. The number of hydrogen-bond acceptors (Lipinski definition) is 5. The zero-order valence-electron chi connectivity index (χ0n) is 15.0. The van der Waals surface area contributed by atoms with E-state index in [2.05, 4.69) is 10.3 Å². The fraction of sp³-hybridized carbons (Fsp3) is 0.286. The van der Waals surface area contributed by atoms with Crippen molar-refractivity contribution in [1.29, 1.82) is 0 Å². The number of rotatable bonds is 5. The third kappa shape index (κ3) is 3.48. The number of hydrogen-bond donors (Lipinski definition) is 2. The second-order valence-electron chi connectivity index (χ2n) is 6.89. The summed E-state index contributed by atoms with van der Waals surface area (Å²) >= 11 is 0. The highest BCUT2D eigenvalue weighted by atomic mass is 16.5. The van der Waals surface area contributed by atoms with Crippen molar-refractivity contribution < 1.29 is 9.53 Å². The molecule has 1 aliphatic rings. The molecule has 1 fully saturated rings. The maximum absolute atomic E-state index is 12.1. The number of carbonyl (C=O) groups is 1. The number of amides is 1. The molecule has 0 bridgehead atoms. The van der Waals surface area contributed by atoms with E-state index in [1.165, 1.54) is 0 Å². The summed E-state index contributed by atoms with van der Waals surface area (Å²) in [6, 6.07) is 17.9. The molecule has 1 aliphatic heterocycles. The number of aromatic nitrogens is 2. The predicted octanol–water partition coefficient (Wildman–Crippen LogP) is 2.99. The lowest BCUT2D eigenvalue weighted by Crippen LogP contribution is -2.46. The summed E-state index contributed by atoms with van der Waals surface area (Å²) in [7, 11) is 0. The van der Waals surface area contributed by atoms with E-state index in [4.69, 9.17) is 15.5 Å². The third-order valence-corrected chi connectivity index (χ3v) is 5.21. The second kappa shape index (κ2) is 7.32. The van der Waals surface area contributed by atoms with Gasteiger partial charge in [-0.1, -0.05) is 48.5 Å². The number of nitrogens with two attached hydrogens (primary N) is 1. The van der Waals surface area contributed by atoms with E-state index < -0.39 is 5.41 Å². The standard InChI is InChI=1S/C21H22N4O2/c22-19(26)21(10-12-27-13-11-21)14-23-20-24-17-9-5-4-8-16(17)18(25-20)15-6-2-1-3-7-15/h1-9H,10-14H2,(H2,22,26)(H,23,24,25). The minimum Gasteiger partial charge on any atom is -0.381 e. The Labute approximate surface area is 157 Å². The highest BCUT2D eigenvalue weighted by Crippen LogP contribution is 2.31. The van der Waals surface area contributed by atoms with E-state index in [0.717, 1.165) is 22.2 Å². The largest absolute Gasteiger partial charge is 0.381 e. The fourth-order valence-corrected chi connectivity index (χ4v) is 3.49. The van der Waals surface area contributed by atoms with E-state index in [-0.39, 0.29) is 5.91 Å². The molecular formula is C21H22N4O2. The Morgan fingerprint density at radius 2 is 1.74 bits per heavy atom. The number of nitrogens with zero attached hydrogens (tertiary/aromatic N) is 2. The van der Waals surface area contributed by atoms with Gasteiger partial charge >= 0.3 is 0 Å². The molecule has 3 N–H and O–H groups in total. The minimum absolute atomic E-state index is 0.303. The molecule has 0 radical (unpaired) electrons. The summed E-state index contributed by atoms with van der Waals surface area (Å²) in [5.41, 5.74) is 7.82. The van der Waals surface area contributed by atoms with Gasteiger partial charge in [-0.05, 0) is 18.9 Å². The van der Waals surface area contributed by atoms with Crippen molar-refractivity contribution in [2.24, 2.45) is 11.1 Å². The number of fused-ring (bicyclic) bond motifs is 1. The molecule has 3 aromatic rings. The number of anilines is 1. The molecule has 6 nitrogen and oxygen atoms in total. The smallest absolute Gasteiger partial charge is 0.225 e. The van der Waals surface area contributed by atoms with Crippen molar-refractivity contribution >= 4 is 22.8 Å². The first-order valence-corrected chi connectivity index (χ1v) is 9.12. The SMILES string of the molecule is NC(=O)C1(CNc2nc(-c3ccccc3)c3ccccc3n2)CCOCC1. The molecule has 2 heterocycles. The van der Waals surface area contributed by atoms with Gasteiger partial charge < -0.3 is 15.8 Å². The van der Waals surface area contributed by atoms with Crippen molar-refractivity contribution in [1.82, 2.24) is 9.97 Å². The summed E-state index contributed by atoms with van der Waals surface area (Å²) in [4.78, 5) is 21.5. The zero-order valence-corrected chi connectivity index (χ0v) is 15.0. The van der Waals surface area contributed by atoms with Crippen LogP contribution in [0.4, 0.5) is 5.95 Å². The Hall–Kier alpha value is -2.99. The van der Waals surface area contributed by atoms with Gasteiger partial charge in [0, 0.05) is 30.7 Å². The van der Waals surface area contributed by atoms with Crippen LogP contribution in [0.5, 0.6) is 0 Å². The van der Waals surface area contributed by atoms with Crippen LogP contribution in [0, 0.1) is 5.41 Å². The van der Waals surface area contributed by atoms with E-state index in [9.17, 15) is 4.79 Å². The van der Waals surface area contributed by atoms with Crippen LogP contribution < -0.4 is 11.1 Å². The van der Waals surface area contributed by atoms with E-state index in [1.54, 1.807) is 0 Å². The topological polar surface area (TPSA) is 90.1 Å². The van der Waals surface area contributed by atoms with Crippen LogP contribution in [0.1, 0.15) is 12.8 Å². The van der Waals surface area contributed by atoms with Gasteiger partial charge in [0.15, 0.2) is 0 Å². The van der Waals surface area contributed by atoms with Gasteiger partial charge in [-0.15, -0.1) is 0 Å². The van der Waals surface area contributed by atoms with Crippen molar-refractivity contribution in [2.75, 3.05) is 25.1 Å². The van der Waals surface area contributed by atoms with Crippen LogP contribution in [0.3, 0.4) is 0 Å². The van der Waals surface area contributed by atoms with E-state index >= 15 is 0 Å². The molecule has 138 valence electrons. The number of benzene rings is 2. The summed E-state index contributed by atoms with van der Waals surface area (Å²) in [5, 5.41) is 4.25. The summed E-state index contributed by atoms with van der Waals surface area (Å²) in [5.74, 6) is 0.196. The lowest BCUT2D eigenvalue weighted by Gasteiger charge is -2.34. The molecule has 0 aliphatic carbocycles. The first kappa shape index (κ1) is 17.4. The first-order valence-electron chi connectivity index (χ1n) is 9.12.